The molecule has 2 aliphatic heterocycles. The number of hydroxylamine groups is 2. The fraction of sp³-hybridized carbons (Fsp3) is 0.452. The van der Waals surface area contributed by atoms with Gasteiger partial charge in [-0.05, 0) is 73.6 Å². The maximum atomic E-state index is 14.9. The Morgan fingerprint density at radius 3 is 2.36 bits per heavy atom. The lowest BCUT2D eigenvalue weighted by atomic mass is 9.83. The van der Waals surface area contributed by atoms with Crippen LogP contribution < -0.4 is 0 Å². The molecule has 3 atom stereocenters. The molecule has 2 unspecified atom stereocenters. The number of aryl methyl sites for hydroxylation is 1. The molecule has 2 saturated carbocycles. The monoisotopic (exact) mass is 654 g/mol. The van der Waals surface area contributed by atoms with Crippen molar-refractivity contribution in [2.75, 3.05) is 19.8 Å². The number of benzene rings is 2. The van der Waals surface area contributed by atoms with Gasteiger partial charge in [-0.15, -0.1) is 0 Å². The van der Waals surface area contributed by atoms with Gasteiger partial charge in [-0.2, -0.15) is 13.2 Å². The normalized spacial score (nSPS) is 25.2. The number of halogens is 6. The first-order chi connectivity index (χ1) is 20.8. The second-order valence-electron chi connectivity index (χ2n) is 11.6. The average molecular weight is 655 g/mol. The van der Waals surface area contributed by atoms with Gasteiger partial charge in [0.25, 0.3) is 11.8 Å². The highest BCUT2D eigenvalue weighted by Gasteiger charge is 2.60. The van der Waals surface area contributed by atoms with Crippen LogP contribution in [0.25, 0.3) is 5.57 Å². The average Bonchev–Trinajstić information content (AvgIpc) is 3.88. The number of carbonyl (C=O) groups is 3. The number of amides is 3. The van der Waals surface area contributed by atoms with Crippen molar-refractivity contribution in [1.82, 2.24) is 9.96 Å². The lowest BCUT2D eigenvalue weighted by Gasteiger charge is -2.36. The summed E-state index contributed by atoms with van der Waals surface area (Å²) < 4.78 is 64.6. The van der Waals surface area contributed by atoms with Crippen molar-refractivity contribution in [2.45, 2.75) is 57.3 Å². The van der Waals surface area contributed by atoms with Gasteiger partial charge >= 0.3 is 6.18 Å². The predicted octanol–water partition coefficient (Wildman–Crippen LogP) is 6.63. The molecule has 2 aromatic rings. The first kappa shape index (κ1) is 31.0. The fourth-order valence-corrected chi connectivity index (χ4v) is 6.52. The van der Waals surface area contributed by atoms with Gasteiger partial charge in [0.05, 0.1) is 16.7 Å². The first-order valence-corrected chi connectivity index (χ1v) is 15.0. The van der Waals surface area contributed by atoms with E-state index < -0.39 is 63.4 Å². The number of rotatable bonds is 6. The molecule has 2 heterocycles. The van der Waals surface area contributed by atoms with Gasteiger partial charge in [0.1, 0.15) is 12.6 Å². The zero-order valence-corrected chi connectivity index (χ0v) is 25.3. The van der Waals surface area contributed by atoms with Crippen LogP contribution in [-0.4, -0.2) is 59.7 Å². The summed E-state index contributed by atoms with van der Waals surface area (Å²) in [5.74, 6) is -3.21. The minimum absolute atomic E-state index is 0.146. The van der Waals surface area contributed by atoms with Crippen molar-refractivity contribution in [3.8, 4) is 0 Å². The van der Waals surface area contributed by atoms with Crippen LogP contribution >= 0.6 is 23.2 Å². The lowest BCUT2D eigenvalue weighted by Crippen LogP contribution is -2.50. The van der Waals surface area contributed by atoms with Crippen molar-refractivity contribution in [3.63, 3.8) is 0 Å². The Labute approximate surface area is 260 Å². The number of hydrogen-bond donors (Lipinski definition) is 0. The molecule has 0 N–H and O–H groups in total. The van der Waals surface area contributed by atoms with Crippen molar-refractivity contribution >= 4 is 46.5 Å². The van der Waals surface area contributed by atoms with Crippen LogP contribution in [0.15, 0.2) is 35.9 Å². The van der Waals surface area contributed by atoms with Crippen LogP contribution in [0.5, 0.6) is 0 Å². The van der Waals surface area contributed by atoms with Gasteiger partial charge in [0.2, 0.25) is 5.91 Å². The summed E-state index contributed by atoms with van der Waals surface area (Å²) in [4.78, 5) is 46.4. The van der Waals surface area contributed by atoms with E-state index in [1.54, 1.807) is 26.0 Å². The zero-order valence-electron chi connectivity index (χ0n) is 23.8. The molecular formula is C31H28Cl2F4N2O5. The smallest absolute Gasteiger partial charge is 0.360 e. The van der Waals surface area contributed by atoms with Crippen LogP contribution in [0, 0.1) is 24.6 Å². The molecule has 234 valence electrons. The molecule has 1 saturated heterocycles. The molecule has 0 aromatic heterocycles. The molecule has 0 radical (unpaired) electrons. The molecule has 4 aliphatic rings. The number of hydrogen-bond acceptors (Lipinski definition) is 5. The van der Waals surface area contributed by atoms with Crippen LogP contribution in [0.2, 0.25) is 10.0 Å². The second kappa shape index (κ2) is 11.1. The van der Waals surface area contributed by atoms with Gasteiger partial charge in [0, 0.05) is 30.4 Å². The van der Waals surface area contributed by atoms with E-state index in [1.807, 2.05) is 0 Å². The summed E-state index contributed by atoms with van der Waals surface area (Å²) >= 11 is 11.8. The number of fused-ring (bicyclic) bond motifs is 1. The molecule has 13 heteroatoms. The molecule has 3 fully saturated rings. The molecule has 44 heavy (non-hydrogen) atoms. The summed E-state index contributed by atoms with van der Waals surface area (Å²) in [7, 11) is 0. The number of alkyl halides is 3. The van der Waals surface area contributed by atoms with E-state index >= 15 is 0 Å². The Morgan fingerprint density at radius 1 is 1.11 bits per heavy atom. The lowest BCUT2D eigenvalue weighted by molar-refractivity contribution is -0.283. The van der Waals surface area contributed by atoms with Crippen molar-refractivity contribution < 1.29 is 41.5 Å². The van der Waals surface area contributed by atoms with Crippen LogP contribution in [-0.2, 0) is 24.8 Å². The van der Waals surface area contributed by atoms with E-state index in [0.717, 1.165) is 27.7 Å². The Balaban J connectivity index is 1.36. The molecule has 6 rings (SSSR count). The number of likely N-dealkylation sites (N-methyl/N-ethyl adjacent to an activating group) is 1. The maximum absolute atomic E-state index is 14.9. The van der Waals surface area contributed by atoms with Crippen molar-refractivity contribution in [1.29, 1.82) is 0 Å². The minimum atomic E-state index is -4.92. The third-order valence-corrected chi connectivity index (χ3v) is 9.31. The predicted molar refractivity (Wildman–Crippen MR) is 152 cm³/mol. The van der Waals surface area contributed by atoms with Crippen molar-refractivity contribution in [2.24, 2.45) is 11.8 Å². The molecule has 2 aromatic carbocycles. The topological polar surface area (TPSA) is 76.2 Å². The van der Waals surface area contributed by atoms with E-state index in [0.29, 0.717) is 36.0 Å². The molecule has 0 spiro atoms. The summed E-state index contributed by atoms with van der Waals surface area (Å²) in [5, 5.41) is 0.00450. The second-order valence-corrected chi connectivity index (χ2v) is 12.4. The molecule has 2 aliphatic carbocycles. The molecule has 0 bridgehead atoms. The summed E-state index contributed by atoms with van der Waals surface area (Å²) in [6, 6.07) is 5.29. The van der Waals surface area contributed by atoms with E-state index in [1.165, 1.54) is 6.07 Å². The number of imide groups is 1. The van der Waals surface area contributed by atoms with Crippen LogP contribution in [0.4, 0.5) is 17.6 Å². The fourth-order valence-electron chi connectivity index (χ4n) is 6.04. The Bertz CT molecular complexity index is 1580. The first-order valence-electron chi connectivity index (χ1n) is 14.3. The van der Waals surface area contributed by atoms with Gasteiger partial charge in [-0.25, -0.2) is 9.45 Å². The SMILES string of the molecule is CCN1OC[C@@H](N(C(=O)c2ccc(C3=C4CC4COC(c4cc(Cl)c(F)c(Cl)c4)(C(F)(F)F)C3)cc2C)C(=O)C2CC2)C1=O. The van der Waals surface area contributed by atoms with E-state index in [9.17, 15) is 31.9 Å². The standard InChI is InChI=1S/C31H28Cl2F4N2O5/c1-3-38-29(42)25(14-44-38)39(27(40)16-4-5-16)28(41)20-7-6-17(8-15(20)2)22-12-30(31(35,36)37,43-13-18-9-21(18)22)19-10-23(32)26(34)24(33)11-19/h6-8,10-11,16,18,25H,3-5,9,12-14H2,1-2H3/t18?,25-,30?/m1/s1. The third-order valence-electron chi connectivity index (χ3n) is 8.76. The number of ether oxygens (including phenoxy) is 1. The van der Waals surface area contributed by atoms with E-state index in [2.05, 4.69) is 0 Å². The zero-order chi connectivity index (χ0) is 31.7. The summed E-state index contributed by atoms with van der Waals surface area (Å²) in [5.41, 5.74) is -1.06. The highest BCUT2D eigenvalue weighted by molar-refractivity contribution is 6.35. The quantitative estimate of drug-likeness (QED) is 0.198. The van der Waals surface area contributed by atoms with E-state index in [4.69, 9.17) is 32.8 Å². The molecular weight excluding hydrogens is 627 g/mol. The van der Waals surface area contributed by atoms with Gasteiger partial charge < -0.3 is 4.74 Å². The van der Waals surface area contributed by atoms with E-state index in [-0.39, 0.29) is 37.2 Å². The van der Waals surface area contributed by atoms with Crippen LogP contribution in [0.1, 0.15) is 59.7 Å². The molecule has 3 amide bonds. The van der Waals surface area contributed by atoms with Gasteiger partial charge in [-0.1, -0.05) is 40.9 Å². The van der Waals surface area contributed by atoms with Gasteiger partial charge in [-0.3, -0.25) is 24.1 Å². The Kier molecular flexibility index (Phi) is 7.83. The van der Waals surface area contributed by atoms with Gasteiger partial charge in [0.15, 0.2) is 11.4 Å². The van der Waals surface area contributed by atoms with Crippen LogP contribution in [0.3, 0.4) is 0 Å². The minimum Gasteiger partial charge on any atom is -0.360 e. The number of carbonyl (C=O) groups excluding carboxylic acids is 3. The Morgan fingerprint density at radius 2 is 1.80 bits per heavy atom. The number of nitrogens with zero attached hydrogens (tertiary/aromatic N) is 2. The maximum Gasteiger partial charge on any atom is 0.422 e. The Hall–Kier alpha value is -2.99. The summed E-state index contributed by atoms with van der Waals surface area (Å²) in [6.45, 7) is 3.23. The van der Waals surface area contributed by atoms with Crippen molar-refractivity contribution in [3.05, 3.63) is 74.0 Å². The highest BCUT2D eigenvalue weighted by Crippen LogP contribution is 2.57. The largest absolute Gasteiger partial charge is 0.422 e. The summed E-state index contributed by atoms with van der Waals surface area (Å²) in [6.07, 6.45) is -3.76. The highest BCUT2D eigenvalue weighted by atomic mass is 35.5. The molecule has 7 nitrogen and oxygen atoms in total. The third kappa shape index (κ3) is 5.21.